The van der Waals surface area contributed by atoms with Crippen LogP contribution in [-0.4, -0.2) is 60.5 Å². The van der Waals surface area contributed by atoms with E-state index in [4.69, 9.17) is 5.73 Å². The second kappa shape index (κ2) is 5.80. The van der Waals surface area contributed by atoms with Crippen molar-refractivity contribution in [2.45, 2.75) is 37.8 Å². The van der Waals surface area contributed by atoms with Crippen LogP contribution in [0.25, 0.3) is 0 Å². The fourth-order valence-electron chi connectivity index (χ4n) is 2.66. The molecule has 3 N–H and O–H groups in total. The third kappa shape index (κ3) is 2.60. The summed E-state index contributed by atoms with van der Waals surface area (Å²) in [5.74, 6) is 0. The highest BCUT2D eigenvalue weighted by atomic mass is 32.2. The highest BCUT2D eigenvalue weighted by molar-refractivity contribution is 7.89. The number of sulfonamides is 1. The normalized spacial score (nSPS) is 22.3. The Morgan fingerprint density at radius 1 is 1.45 bits per heavy atom. The number of aryl methyl sites for hydroxylation is 1. The first-order chi connectivity index (χ1) is 9.41. The van der Waals surface area contributed by atoms with Gasteiger partial charge in [-0.05, 0) is 20.4 Å². The number of hydrogen-bond donors (Lipinski definition) is 2. The number of hydrogen-bond acceptors (Lipinski definition) is 5. The van der Waals surface area contributed by atoms with Crippen LogP contribution in [0.5, 0.6) is 0 Å². The lowest BCUT2D eigenvalue weighted by atomic mass is 10.1. The van der Waals surface area contributed by atoms with Gasteiger partial charge in [-0.15, -0.1) is 0 Å². The molecule has 1 atom stereocenters. The molecule has 0 aliphatic carbocycles. The zero-order chi connectivity index (χ0) is 14.9. The zero-order valence-corrected chi connectivity index (χ0v) is 13.1. The van der Waals surface area contributed by atoms with Gasteiger partial charge in [-0.3, -0.25) is 5.10 Å². The Morgan fingerprint density at radius 2 is 2.15 bits per heavy atom. The van der Waals surface area contributed by atoms with Crippen LogP contribution in [0, 0.1) is 6.92 Å². The van der Waals surface area contributed by atoms with Crippen LogP contribution >= 0.6 is 0 Å². The van der Waals surface area contributed by atoms with Crippen molar-refractivity contribution in [2.75, 3.05) is 26.7 Å². The molecule has 0 aromatic carbocycles. The fourth-order valence-corrected chi connectivity index (χ4v) is 4.46. The van der Waals surface area contributed by atoms with Gasteiger partial charge >= 0.3 is 0 Å². The lowest BCUT2D eigenvalue weighted by Crippen LogP contribution is -2.53. The van der Waals surface area contributed by atoms with E-state index in [1.54, 1.807) is 11.2 Å². The molecule has 20 heavy (non-hydrogen) atoms. The molecule has 1 fully saturated rings. The van der Waals surface area contributed by atoms with Crippen LogP contribution in [0.3, 0.4) is 0 Å². The Labute approximate surface area is 120 Å². The Hall–Kier alpha value is -0.960. The minimum Gasteiger partial charge on any atom is -0.325 e. The molecule has 1 saturated heterocycles. The predicted molar refractivity (Wildman–Crippen MR) is 76.7 cm³/mol. The van der Waals surface area contributed by atoms with Gasteiger partial charge in [0, 0.05) is 32.2 Å². The maximum absolute atomic E-state index is 12.8. The first kappa shape index (κ1) is 15.4. The summed E-state index contributed by atoms with van der Waals surface area (Å²) in [6, 6.07) is 0.257. The lowest BCUT2D eigenvalue weighted by Gasteiger charge is -2.38. The summed E-state index contributed by atoms with van der Waals surface area (Å²) >= 11 is 0. The van der Waals surface area contributed by atoms with Gasteiger partial charge in [-0.2, -0.15) is 9.40 Å². The van der Waals surface area contributed by atoms with Gasteiger partial charge in [0.15, 0.2) is 0 Å². The second-order valence-electron chi connectivity index (χ2n) is 5.23. The number of likely N-dealkylation sites (N-methyl/N-ethyl adjacent to an activating group) is 1. The molecular weight excluding hydrogens is 278 g/mol. The topological polar surface area (TPSA) is 95.3 Å². The smallest absolute Gasteiger partial charge is 0.246 e. The van der Waals surface area contributed by atoms with Crippen LogP contribution in [0.15, 0.2) is 4.90 Å². The number of piperazine rings is 1. The molecule has 0 amide bonds. The van der Waals surface area contributed by atoms with Crippen LogP contribution in [0.4, 0.5) is 0 Å². The number of nitrogens with zero attached hydrogens (tertiary/aromatic N) is 3. The van der Waals surface area contributed by atoms with Crippen molar-refractivity contribution in [2.24, 2.45) is 5.73 Å². The molecule has 1 aromatic heterocycles. The van der Waals surface area contributed by atoms with E-state index in [1.165, 1.54) is 0 Å². The van der Waals surface area contributed by atoms with E-state index in [9.17, 15) is 8.42 Å². The Kier molecular flexibility index (Phi) is 4.48. The van der Waals surface area contributed by atoms with E-state index in [0.717, 1.165) is 13.0 Å². The molecule has 8 heteroatoms. The van der Waals surface area contributed by atoms with E-state index in [-0.39, 0.29) is 17.5 Å². The first-order valence-corrected chi connectivity index (χ1v) is 8.30. The van der Waals surface area contributed by atoms with E-state index >= 15 is 0 Å². The van der Waals surface area contributed by atoms with Crippen molar-refractivity contribution in [1.29, 1.82) is 0 Å². The molecule has 1 unspecified atom stereocenters. The quantitative estimate of drug-likeness (QED) is 0.809. The summed E-state index contributed by atoms with van der Waals surface area (Å²) in [6.07, 6.45) is 0.927. The molecule has 1 aliphatic rings. The van der Waals surface area contributed by atoms with Crippen LogP contribution in [-0.2, 0) is 16.6 Å². The van der Waals surface area contributed by atoms with Gasteiger partial charge in [0.2, 0.25) is 10.0 Å². The van der Waals surface area contributed by atoms with E-state index in [0.29, 0.717) is 24.5 Å². The standard InChI is InChI=1S/C12H23N5O2S/c1-4-10-8-17(6-5-16(10)3)20(18,19)12-9(2)14-15-11(12)7-13/h10H,4-8,13H2,1-3H3,(H,14,15). The number of aromatic amines is 1. The van der Waals surface area contributed by atoms with E-state index < -0.39 is 10.0 Å². The maximum atomic E-state index is 12.8. The van der Waals surface area contributed by atoms with Crippen molar-refractivity contribution in [3.63, 3.8) is 0 Å². The second-order valence-corrected chi connectivity index (χ2v) is 7.11. The number of H-pyrrole nitrogens is 1. The molecule has 2 rings (SSSR count). The van der Waals surface area contributed by atoms with Crippen molar-refractivity contribution < 1.29 is 8.42 Å². The first-order valence-electron chi connectivity index (χ1n) is 6.86. The largest absolute Gasteiger partial charge is 0.325 e. The van der Waals surface area contributed by atoms with Gasteiger partial charge < -0.3 is 10.6 Å². The maximum Gasteiger partial charge on any atom is 0.246 e. The van der Waals surface area contributed by atoms with Gasteiger partial charge in [-0.1, -0.05) is 6.92 Å². The molecule has 0 bridgehead atoms. The Bertz CT molecular complexity index is 568. The SMILES string of the molecule is CCC1CN(S(=O)(=O)c2c(CN)n[nH]c2C)CCN1C. The van der Waals surface area contributed by atoms with Gasteiger partial charge in [0.25, 0.3) is 0 Å². The summed E-state index contributed by atoms with van der Waals surface area (Å²) in [7, 11) is -1.49. The van der Waals surface area contributed by atoms with E-state index in [2.05, 4.69) is 22.0 Å². The molecule has 114 valence electrons. The number of nitrogens with one attached hydrogen (secondary N) is 1. The summed E-state index contributed by atoms with van der Waals surface area (Å²) in [5.41, 5.74) is 6.56. The van der Waals surface area contributed by atoms with Crippen molar-refractivity contribution in [1.82, 2.24) is 19.4 Å². The van der Waals surface area contributed by atoms with Crippen molar-refractivity contribution >= 4 is 10.0 Å². The molecule has 2 heterocycles. The third-order valence-electron chi connectivity index (χ3n) is 3.96. The van der Waals surface area contributed by atoms with E-state index in [1.807, 2.05) is 7.05 Å². The number of rotatable bonds is 4. The molecule has 1 aliphatic heterocycles. The monoisotopic (exact) mass is 301 g/mol. The van der Waals surface area contributed by atoms with Gasteiger partial charge in [-0.25, -0.2) is 8.42 Å². The molecular formula is C12H23N5O2S. The number of nitrogens with two attached hydrogens (primary N) is 1. The summed E-state index contributed by atoms with van der Waals surface area (Å²) in [5, 5.41) is 6.70. The predicted octanol–water partition coefficient (Wildman–Crippen LogP) is -0.108. The Balaban J connectivity index is 2.33. The summed E-state index contributed by atoms with van der Waals surface area (Å²) in [4.78, 5) is 2.46. The Morgan fingerprint density at radius 3 is 2.75 bits per heavy atom. The molecule has 0 saturated carbocycles. The average molecular weight is 301 g/mol. The summed E-state index contributed by atoms with van der Waals surface area (Å²) < 4.78 is 27.2. The zero-order valence-electron chi connectivity index (χ0n) is 12.3. The van der Waals surface area contributed by atoms with Crippen molar-refractivity contribution in [3.8, 4) is 0 Å². The van der Waals surface area contributed by atoms with Crippen LogP contribution < -0.4 is 5.73 Å². The fraction of sp³-hybridized carbons (Fsp3) is 0.750. The van der Waals surface area contributed by atoms with Gasteiger partial charge in [0.05, 0.1) is 11.4 Å². The third-order valence-corrected chi connectivity index (χ3v) is 6.03. The minimum atomic E-state index is -3.53. The lowest BCUT2D eigenvalue weighted by molar-refractivity contribution is 0.144. The summed E-state index contributed by atoms with van der Waals surface area (Å²) in [6.45, 7) is 5.67. The molecule has 0 radical (unpaired) electrons. The molecule has 7 nitrogen and oxygen atoms in total. The minimum absolute atomic E-state index is 0.115. The molecule has 0 spiro atoms. The van der Waals surface area contributed by atoms with Crippen LogP contribution in [0.1, 0.15) is 24.7 Å². The molecule has 1 aromatic rings. The van der Waals surface area contributed by atoms with Crippen molar-refractivity contribution in [3.05, 3.63) is 11.4 Å². The highest BCUT2D eigenvalue weighted by Gasteiger charge is 2.35. The highest BCUT2D eigenvalue weighted by Crippen LogP contribution is 2.24. The van der Waals surface area contributed by atoms with Gasteiger partial charge in [0.1, 0.15) is 4.90 Å². The average Bonchev–Trinajstić information content (AvgIpc) is 2.80. The van der Waals surface area contributed by atoms with Crippen LogP contribution in [0.2, 0.25) is 0 Å². The number of aromatic nitrogens is 2.